The van der Waals surface area contributed by atoms with Gasteiger partial charge in [0.15, 0.2) is 6.73 Å². The number of anilines is 1. The van der Waals surface area contributed by atoms with Gasteiger partial charge in [-0.05, 0) is 18.1 Å². The Hall–Kier alpha value is -1.02. The molecule has 2 rings (SSSR count). The van der Waals surface area contributed by atoms with Crippen molar-refractivity contribution >= 4 is 5.69 Å². The van der Waals surface area contributed by atoms with E-state index in [9.17, 15) is 5.11 Å². The van der Waals surface area contributed by atoms with Crippen molar-refractivity contribution in [3.05, 3.63) is 29.8 Å². The van der Waals surface area contributed by atoms with Crippen LogP contribution in [0.25, 0.3) is 0 Å². The highest BCUT2D eigenvalue weighted by atomic mass is 16.3. The second kappa shape index (κ2) is 2.55. The van der Waals surface area contributed by atoms with E-state index < -0.39 is 0 Å². The third-order valence-corrected chi connectivity index (χ3v) is 2.14. The molecule has 1 aliphatic heterocycles. The van der Waals surface area contributed by atoms with Gasteiger partial charge in [0, 0.05) is 12.2 Å². The van der Waals surface area contributed by atoms with Crippen LogP contribution in [-0.4, -0.2) is 13.3 Å². The maximum atomic E-state index is 10.6. The topological polar surface area (TPSA) is 23.1 Å². The highest BCUT2D eigenvalue weighted by molar-refractivity contribution is 5.57. The summed E-state index contributed by atoms with van der Waals surface area (Å²) in [5.41, 5.74) is 2.44. The zero-order valence-corrected chi connectivity index (χ0v) is 6.29. The molecule has 0 fully saturated rings. The van der Waals surface area contributed by atoms with Crippen LogP contribution in [0.15, 0.2) is 24.3 Å². The lowest BCUT2D eigenvalue weighted by molar-refractivity contribution is 0.194. The minimum absolute atomic E-state index is 0.114. The Kier molecular flexibility index (Phi) is 1.55. The predicted octanol–water partition coefficient (Wildman–Crippen LogP) is 1.44. The first-order chi connectivity index (χ1) is 5.42. The second-order valence-electron chi connectivity index (χ2n) is 2.77. The first-order valence-corrected chi connectivity index (χ1v) is 3.83. The van der Waals surface area contributed by atoms with Gasteiger partial charge in [-0.25, -0.2) is 5.11 Å². The Balaban J connectivity index is 2.39. The number of rotatable bonds is 1. The molecule has 0 bridgehead atoms. The van der Waals surface area contributed by atoms with Crippen LogP contribution in [0.3, 0.4) is 0 Å². The monoisotopic (exact) mass is 148 g/mol. The number of hydrogen-bond donors (Lipinski definition) is 0. The van der Waals surface area contributed by atoms with E-state index in [1.54, 1.807) is 0 Å². The summed E-state index contributed by atoms with van der Waals surface area (Å²) >= 11 is 0. The molecule has 1 heterocycles. The van der Waals surface area contributed by atoms with E-state index >= 15 is 0 Å². The van der Waals surface area contributed by atoms with Crippen molar-refractivity contribution in [3.63, 3.8) is 0 Å². The minimum Gasteiger partial charge on any atom is -0.345 e. The van der Waals surface area contributed by atoms with Gasteiger partial charge in [0.05, 0.1) is 0 Å². The first-order valence-electron chi connectivity index (χ1n) is 3.83. The molecule has 0 saturated heterocycles. The predicted molar refractivity (Wildman–Crippen MR) is 43.0 cm³/mol. The lowest BCUT2D eigenvalue weighted by Gasteiger charge is -2.13. The van der Waals surface area contributed by atoms with Crippen LogP contribution in [0.2, 0.25) is 0 Å². The van der Waals surface area contributed by atoms with Crippen molar-refractivity contribution in [3.8, 4) is 0 Å². The zero-order chi connectivity index (χ0) is 7.68. The molecule has 1 aliphatic rings. The average Bonchev–Trinajstić information content (AvgIpc) is 2.47. The molecule has 0 spiro atoms. The summed E-state index contributed by atoms with van der Waals surface area (Å²) in [5.74, 6) is 0. The summed E-state index contributed by atoms with van der Waals surface area (Å²) in [5, 5.41) is 10.6. The molecule has 0 unspecified atom stereocenters. The van der Waals surface area contributed by atoms with E-state index in [1.165, 1.54) is 5.56 Å². The molecule has 0 aromatic heterocycles. The first kappa shape index (κ1) is 6.68. The normalized spacial score (nSPS) is 15.2. The summed E-state index contributed by atoms with van der Waals surface area (Å²) < 4.78 is 0. The van der Waals surface area contributed by atoms with Gasteiger partial charge >= 0.3 is 0 Å². The Morgan fingerprint density at radius 1 is 1.36 bits per heavy atom. The molecule has 2 heteroatoms. The number of fused-ring (bicyclic) bond motifs is 1. The van der Waals surface area contributed by atoms with Gasteiger partial charge in [0.2, 0.25) is 0 Å². The fourth-order valence-corrected chi connectivity index (χ4v) is 1.54. The average molecular weight is 148 g/mol. The number of para-hydroxylation sites is 1. The standard InChI is InChI=1S/C9H10NO/c11-7-10-6-5-8-3-1-2-4-9(8)10/h1-4H,5-7H2. The van der Waals surface area contributed by atoms with Crippen LogP contribution < -0.4 is 4.90 Å². The van der Waals surface area contributed by atoms with E-state index in [0.717, 1.165) is 18.7 Å². The largest absolute Gasteiger partial charge is 0.345 e. The van der Waals surface area contributed by atoms with Crippen LogP contribution in [0.1, 0.15) is 5.56 Å². The van der Waals surface area contributed by atoms with Gasteiger partial charge in [0.25, 0.3) is 0 Å². The van der Waals surface area contributed by atoms with Crippen molar-refractivity contribution in [2.75, 3.05) is 18.2 Å². The van der Waals surface area contributed by atoms with Crippen molar-refractivity contribution in [1.82, 2.24) is 0 Å². The highest BCUT2D eigenvalue weighted by Gasteiger charge is 2.16. The third-order valence-electron chi connectivity index (χ3n) is 2.14. The molecule has 0 amide bonds. The molecule has 1 aromatic carbocycles. The van der Waals surface area contributed by atoms with E-state index in [4.69, 9.17) is 0 Å². The van der Waals surface area contributed by atoms with E-state index in [1.807, 2.05) is 23.1 Å². The molecule has 1 radical (unpaired) electrons. The summed E-state index contributed by atoms with van der Waals surface area (Å²) in [4.78, 5) is 1.87. The minimum atomic E-state index is -0.114. The van der Waals surface area contributed by atoms with Crippen LogP contribution in [0.4, 0.5) is 5.69 Å². The van der Waals surface area contributed by atoms with Gasteiger partial charge in [-0.3, -0.25) is 0 Å². The smallest absolute Gasteiger partial charge is 0.154 e. The summed E-state index contributed by atoms with van der Waals surface area (Å²) in [6, 6.07) is 8.10. The van der Waals surface area contributed by atoms with E-state index in [-0.39, 0.29) is 6.73 Å². The second-order valence-corrected chi connectivity index (χ2v) is 2.77. The van der Waals surface area contributed by atoms with Gasteiger partial charge in [0.1, 0.15) is 0 Å². The number of nitrogens with zero attached hydrogens (tertiary/aromatic N) is 1. The molecule has 2 nitrogen and oxygen atoms in total. The molecule has 0 saturated carbocycles. The van der Waals surface area contributed by atoms with Crippen LogP contribution in [-0.2, 0) is 11.5 Å². The Labute approximate surface area is 66.1 Å². The van der Waals surface area contributed by atoms with Crippen molar-refractivity contribution < 1.29 is 5.11 Å². The van der Waals surface area contributed by atoms with Gasteiger partial charge in [-0.1, -0.05) is 18.2 Å². The summed E-state index contributed by atoms with van der Waals surface area (Å²) in [6.07, 6.45) is 1.03. The molecule has 0 N–H and O–H groups in total. The van der Waals surface area contributed by atoms with Crippen molar-refractivity contribution in [1.29, 1.82) is 0 Å². The molecular formula is C9H10NO. The lowest BCUT2D eigenvalue weighted by Crippen LogP contribution is -2.19. The Morgan fingerprint density at radius 3 is 3.00 bits per heavy atom. The molecular weight excluding hydrogens is 138 g/mol. The molecule has 0 atom stereocenters. The van der Waals surface area contributed by atoms with Gasteiger partial charge < -0.3 is 4.90 Å². The van der Waals surface area contributed by atoms with E-state index in [2.05, 4.69) is 6.07 Å². The fraction of sp³-hybridized carbons (Fsp3) is 0.333. The van der Waals surface area contributed by atoms with Gasteiger partial charge in [-0.15, -0.1) is 0 Å². The molecule has 0 aliphatic carbocycles. The Morgan fingerprint density at radius 2 is 2.18 bits per heavy atom. The number of benzene rings is 1. The summed E-state index contributed by atoms with van der Waals surface area (Å²) in [7, 11) is 0. The lowest BCUT2D eigenvalue weighted by atomic mass is 10.2. The maximum Gasteiger partial charge on any atom is 0.154 e. The summed E-state index contributed by atoms with van der Waals surface area (Å²) in [6.45, 7) is 0.778. The van der Waals surface area contributed by atoms with Crippen molar-refractivity contribution in [2.45, 2.75) is 6.42 Å². The third kappa shape index (κ3) is 0.994. The van der Waals surface area contributed by atoms with Crippen LogP contribution in [0, 0.1) is 0 Å². The SMILES string of the molecule is [O]CN1CCc2ccccc21. The zero-order valence-electron chi connectivity index (χ0n) is 6.29. The highest BCUT2D eigenvalue weighted by Crippen LogP contribution is 2.26. The fourth-order valence-electron chi connectivity index (χ4n) is 1.54. The van der Waals surface area contributed by atoms with Crippen LogP contribution in [0.5, 0.6) is 0 Å². The maximum absolute atomic E-state index is 10.6. The Bertz CT molecular complexity index is 259. The van der Waals surface area contributed by atoms with Crippen molar-refractivity contribution in [2.24, 2.45) is 0 Å². The number of hydrogen-bond acceptors (Lipinski definition) is 1. The molecule has 57 valence electrons. The van der Waals surface area contributed by atoms with E-state index in [0.29, 0.717) is 0 Å². The van der Waals surface area contributed by atoms with Gasteiger partial charge in [-0.2, -0.15) is 0 Å². The molecule has 1 aromatic rings. The quantitative estimate of drug-likeness (QED) is 0.591. The van der Waals surface area contributed by atoms with Crippen LogP contribution >= 0.6 is 0 Å². The molecule has 11 heavy (non-hydrogen) atoms.